The number of nitrogens with one attached hydrogen (secondary N) is 2. The van der Waals surface area contributed by atoms with Crippen LogP contribution in [0.1, 0.15) is 22.3 Å². The van der Waals surface area contributed by atoms with Gasteiger partial charge in [0.25, 0.3) is 17.7 Å². The number of hydrogen-bond acceptors (Lipinski definition) is 6. The quantitative estimate of drug-likeness (QED) is 0.140. The van der Waals surface area contributed by atoms with E-state index in [1.54, 1.807) is 36.4 Å². The maximum atomic E-state index is 13.4. The molecule has 5 amide bonds. The minimum Gasteiger partial charge on any atom is -0.489 e. The van der Waals surface area contributed by atoms with Gasteiger partial charge in [0.1, 0.15) is 23.7 Å². The Bertz CT molecular complexity index is 1800. The van der Waals surface area contributed by atoms with Crippen LogP contribution in [0.2, 0.25) is 0 Å². The zero-order valence-electron chi connectivity index (χ0n) is 24.2. The normalized spacial score (nSPS) is 13.9. The molecule has 1 heterocycles. The van der Waals surface area contributed by atoms with Crippen LogP contribution in [0.15, 0.2) is 99.4 Å². The number of carbonyl (C=O) groups is 4. The summed E-state index contributed by atoms with van der Waals surface area (Å²) in [6.45, 7) is 3.96. The SMILES string of the molecule is Cc1ccc(C)c(NC(=O)COc2c(Br)cc(/C=C3/C(=O)NC(=O)N(c4ccc(OCc5ccccc5)cc4)C3=O)cc2Br)c1. The Morgan fingerprint density at radius 3 is 2.27 bits per heavy atom. The molecule has 5 rings (SSSR count). The Morgan fingerprint density at radius 1 is 0.889 bits per heavy atom. The van der Waals surface area contributed by atoms with Crippen LogP contribution in [0.25, 0.3) is 6.08 Å². The molecule has 0 bridgehead atoms. The number of carbonyl (C=O) groups excluding carboxylic acids is 4. The maximum absolute atomic E-state index is 13.4. The van der Waals surface area contributed by atoms with Crippen molar-refractivity contribution in [3.05, 3.63) is 122 Å². The van der Waals surface area contributed by atoms with Gasteiger partial charge >= 0.3 is 6.03 Å². The number of hydrogen-bond donors (Lipinski definition) is 2. The molecule has 4 aromatic rings. The summed E-state index contributed by atoms with van der Waals surface area (Å²) in [6.07, 6.45) is 1.38. The third kappa shape index (κ3) is 7.68. The molecule has 11 heteroatoms. The highest BCUT2D eigenvalue weighted by atomic mass is 79.9. The van der Waals surface area contributed by atoms with Crippen LogP contribution in [0.4, 0.5) is 16.2 Å². The van der Waals surface area contributed by atoms with Crippen molar-refractivity contribution in [3.8, 4) is 11.5 Å². The lowest BCUT2D eigenvalue weighted by Crippen LogP contribution is -2.54. The number of imide groups is 2. The van der Waals surface area contributed by atoms with E-state index in [-0.39, 0.29) is 23.8 Å². The Labute approximate surface area is 276 Å². The van der Waals surface area contributed by atoms with Crippen molar-refractivity contribution in [3.63, 3.8) is 0 Å². The van der Waals surface area contributed by atoms with Crippen molar-refractivity contribution in [2.24, 2.45) is 0 Å². The van der Waals surface area contributed by atoms with Crippen LogP contribution in [0.5, 0.6) is 11.5 Å². The van der Waals surface area contributed by atoms with E-state index in [2.05, 4.69) is 42.5 Å². The summed E-state index contributed by atoms with van der Waals surface area (Å²) in [6, 6.07) is 24.3. The number of urea groups is 1. The van der Waals surface area contributed by atoms with Crippen molar-refractivity contribution in [1.29, 1.82) is 0 Å². The number of aryl methyl sites for hydroxylation is 2. The van der Waals surface area contributed by atoms with E-state index in [0.29, 0.717) is 38.3 Å². The first-order valence-corrected chi connectivity index (χ1v) is 15.3. The van der Waals surface area contributed by atoms with Gasteiger partial charge in [-0.15, -0.1) is 0 Å². The van der Waals surface area contributed by atoms with Gasteiger partial charge in [-0.25, -0.2) is 9.69 Å². The number of amides is 5. The molecule has 0 aliphatic carbocycles. The van der Waals surface area contributed by atoms with Gasteiger partial charge in [-0.1, -0.05) is 42.5 Å². The fourth-order valence-electron chi connectivity index (χ4n) is 4.49. The molecule has 2 N–H and O–H groups in total. The Hall–Kier alpha value is -4.74. The second-order valence-corrected chi connectivity index (χ2v) is 11.9. The topological polar surface area (TPSA) is 114 Å². The number of ether oxygens (including phenoxy) is 2. The summed E-state index contributed by atoms with van der Waals surface area (Å²) in [5, 5.41) is 5.07. The van der Waals surface area contributed by atoms with E-state index >= 15 is 0 Å². The molecule has 0 spiro atoms. The number of rotatable bonds is 9. The average molecular weight is 733 g/mol. The minimum absolute atomic E-state index is 0.237. The Morgan fingerprint density at radius 2 is 1.58 bits per heavy atom. The smallest absolute Gasteiger partial charge is 0.335 e. The predicted octanol–water partition coefficient (Wildman–Crippen LogP) is 7.09. The van der Waals surface area contributed by atoms with E-state index in [4.69, 9.17) is 9.47 Å². The lowest BCUT2D eigenvalue weighted by atomic mass is 10.1. The van der Waals surface area contributed by atoms with E-state index in [1.807, 2.05) is 62.4 Å². The fourth-order valence-corrected chi connectivity index (χ4v) is 5.94. The van der Waals surface area contributed by atoms with Crippen molar-refractivity contribution >= 4 is 73.1 Å². The highest BCUT2D eigenvalue weighted by Crippen LogP contribution is 2.36. The molecule has 228 valence electrons. The molecule has 1 fully saturated rings. The summed E-state index contributed by atoms with van der Waals surface area (Å²) in [7, 11) is 0. The second-order valence-electron chi connectivity index (χ2n) is 10.2. The number of anilines is 2. The third-order valence-corrected chi connectivity index (χ3v) is 7.97. The van der Waals surface area contributed by atoms with Gasteiger partial charge in [-0.2, -0.15) is 0 Å². The van der Waals surface area contributed by atoms with Gasteiger partial charge in [0.15, 0.2) is 6.61 Å². The summed E-state index contributed by atoms with van der Waals surface area (Å²) < 4.78 is 12.5. The van der Waals surface area contributed by atoms with Crippen LogP contribution < -0.4 is 25.0 Å². The van der Waals surface area contributed by atoms with Crippen molar-refractivity contribution in [2.45, 2.75) is 20.5 Å². The first-order chi connectivity index (χ1) is 21.6. The largest absolute Gasteiger partial charge is 0.489 e. The summed E-state index contributed by atoms with van der Waals surface area (Å²) >= 11 is 6.89. The molecular weight excluding hydrogens is 706 g/mol. The third-order valence-electron chi connectivity index (χ3n) is 6.79. The van der Waals surface area contributed by atoms with E-state index < -0.39 is 17.8 Å². The van der Waals surface area contributed by atoms with E-state index in [1.165, 1.54) is 6.08 Å². The fraction of sp³-hybridized carbons (Fsp3) is 0.118. The van der Waals surface area contributed by atoms with E-state index in [0.717, 1.165) is 21.6 Å². The number of halogens is 2. The molecule has 45 heavy (non-hydrogen) atoms. The van der Waals surface area contributed by atoms with Crippen molar-refractivity contribution in [1.82, 2.24) is 5.32 Å². The molecule has 0 atom stereocenters. The van der Waals surface area contributed by atoms with Gasteiger partial charge in [0.2, 0.25) is 0 Å². The predicted molar refractivity (Wildman–Crippen MR) is 178 cm³/mol. The van der Waals surface area contributed by atoms with Crippen LogP contribution >= 0.6 is 31.9 Å². The lowest BCUT2D eigenvalue weighted by molar-refractivity contribution is -0.122. The molecular formula is C34H27Br2N3O6. The van der Waals surface area contributed by atoms with Crippen molar-refractivity contribution < 1.29 is 28.7 Å². The number of benzene rings is 4. The number of nitrogens with zero attached hydrogens (tertiary/aromatic N) is 1. The molecule has 9 nitrogen and oxygen atoms in total. The molecule has 0 aromatic heterocycles. The summed E-state index contributed by atoms with van der Waals surface area (Å²) in [4.78, 5) is 52.3. The number of barbiturate groups is 1. The molecule has 0 unspecified atom stereocenters. The van der Waals surface area contributed by atoms with Crippen LogP contribution in [-0.4, -0.2) is 30.4 Å². The van der Waals surface area contributed by atoms with Gasteiger partial charge in [-0.05, 0) is 117 Å². The molecule has 1 saturated heterocycles. The molecule has 1 aliphatic heterocycles. The molecule has 1 aliphatic rings. The highest BCUT2D eigenvalue weighted by molar-refractivity contribution is 9.11. The average Bonchev–Trinajstić information content (AvgIpc) is 3.00. The first-order valence-electron chi connectivity index (χ1n) is 13.8. The molecule has 4 aromatic carbocycles. The van der Waals surface area contributed by atoms with Gasteiger partial charge in [0, 0.05) is 5.69 Å². The van der Waals surface area contributed by atoms with Gasteiger partial charge < -0.3 is 14.8 Å². The second kappa shape index (κ2) is 13.9. The zero-order valence-corrected chi connectivity index (χ0v) is 27.4. The standard InChI is InChI=1S/C34H27Br2N3O6/c1-20-8-9-21(2)29(14-20)37-30(40)19-45-31-27(35)16-23(17-28(31)36)15-26-32(41)38-34(43)39(33(26)42)24-10-12-25(13-11-24)44-18-22-6-4-3-5-7-22/h3-17H,18-19H2,1-2H3,(H,37,40)(H,38,41,43)/b26-15-. The zero-order chi connectivity index (χ0) is 32.1. The molecule has 0 radical (unpaired) electrons. The van der Waals surface area contributed by atoms with Crippen LogP contribution in [-0.2, 0) is 21.0 Å². The van der Waals surface area contributed by atoms with E-state index in [9.17, 15) is 19.2 Å². The monoisotopic (exact) mass is 731 g/mol. The Kier molecular flexibility index (Phi) is 9.80. The van der Waals surface area contributed by atoms with Gasteiger partial charge in [0.05, 0.1) is 14.6 Å². The molecule has 0 saturated carbocycles. The lowest BCUT2D eigenvalue weighted by Gasteiger charge is -2.26. The minimum atomic E-state index is -0.856. The first kappa shape index (κ1) is 31.7. The van der Waals surface area contributed by atoms with Crippen molar-refractivity contribution in [2.75, 3.05) is 16.8 Å². The maximum Gasteiger partial charge on any atom is 0.335 e. The van der Waals surface area contributed by atoms with Crippen LogP contribution in [0.3, 0.4) is 0 Å². The van der Waals surface area contributed by atoms with Crippen LogP contribution in [0, 0.1) is 13.8 Å². The Balaban J connectivity index is 1.28. The summed E-state index contributed by atoms with van der Waals surface area (Å²) in [5.41, 5.74) is 4.16. The summed E-state index contributed by atoms with van der Waals surface area (Å²) in [5.74, 6) is -1.02. The highest BCUT2D eigenvalue weighted by Gasteiger charge is 2.37. The van der Waals surface area contributed by atoms with Gasteiger partial charge in [-0.3, -0.25) is 19.7 Å².